The lowest BCUT2D eigenvalue weighted by Gasteiger charge is -2.14. The standard InChI is InChI=1S/C13H20N4OS/c1-4-5-17-13(12(18-3)7-15-17)11(14)6-10-8-19-9(2)16-10/h7-8,11H,4-6,14H2,1-3H3. The van der Waals surface area contributed by atoms with Gasteiger partial charge in [-0.05, 0) is 13.3 Å². The zero-order valence-electron chi connectivity index (χ0n) is 11.6. The van der Waals surface area contributed by atoms with Gasteiger partial charge in [0.25, 0.3) is 0 Å². The largest absolute Gasteiger partial charge is 0.493 e. The third-order valence-electron chi connectivity index (χ3n) is 2.95. The van der Waals surface area contributed by atoms with Crippen LogP contribution in [0.25, 0.3) is 0 Å². The first kappa shape index (κ1) is 14.0. The molecule has 2 N–H and O–H groups in total. The summed E-state index contributed by atoms with van der Waals surface area (Å²) in [6.07, 6.45) is 3.45. The molecule has 2 heterocycles. The average molecular weight is 280 g/mol. The summed E-state index contributed by atoms with van der Waals surface area (Å²) in [4.78, 5) is 4.46. The van der Waals surface area contributed by atoms with E-state index in [1.165, 1.54) is 0 Å². The zero-order valence-corrected chi connectivity index (χ0v) is 12.4. The van der Waals surface area contributed by atoms with Crippen molar-refractivity contribution in [1.82, 2.24) is 14.8 Å². The quantitative estimate of drug-likeness (QED) is 0.881. The summed E-state index contributed by atoms with van der Waals surface area (Å²) >= 11 is 1.65. The summed E-state index contributed by atoms with van der Waals surface area (Å²) in [5, 5.41) is 7.46. The number of hydrogen-bond donors (Lipinski definition) is 1. The van der Waals surface area contributed by atoms with Crippen LogP contribution in [0.1, 0.15) is 35.8 Å². The molecule has 2 rings (SSSR count). The van der Waals surface area contributed by atoms with Gasteiger partial charge >= 0.3 is 0 Å². The van der Waals surface area contributed by atoms with E-state index in [0.29, 0.717) is 6.42 Å². The number of methoxy groups -OCH3 is 1. The molecular weight excluding hydrogens is 260 g/mol. The molecule has 0 bridgehead atoms. The Bertz CT molecular complexity index is 534. The molecule has 5 nitrogen and oxygen atoms in total. The molecule has 0 aliphatic heterocycles. The van der Waals surface area contributed by atoms with Gasteiger partial charge in [0.15, 0.2) is 5.75 Å². The molecule has 0 amide bonds. The molecule has 6 heteroatoms. The van der Waals surface area contributed by atoms with Crippen molar-refractivity contribution in [1.29, 1.82) is 0 Å². The van der Waals surface area contributed by atoms with Gasteiger partial charge in [0.1, 0.15) is 0 Å². The van der Waals surface area contributed by atoms with E-state index in [-0.39, 0.29) is 6.04 Å². The molecule has 2 aromatic heterocycles. The summed E-state index contributed by atoms with van der Waals surface area (Å²) < 4.78 is 7.29. The Morgan fingerprint density at radius 3 is 2.89 bits per heavy atom. The number of nitrogens with zero attached hydrogens (tertiary/aromatic N) is 3. The van der Waals surface area contributed by atoms with Crippen LogP contribution in [0.4, 0.5) is 0 Å². The van der Waals surface area contributed by atoms with E-state index in [1.54, 1.807) is 24.6 Å². The van der Waals surface area contributed by atoms with Gasteiger partial charge in [-0.25, -0.2) is 4.98 Å². The Morgan fingerprint density at radius 1 is 1.53 bits per heavy atom. The van der Waals surface area contributed by atoms with Crippen LogP contribution in [0.5, 0.6) is 5.75 Å². The van der Waals surface area contributed by atoms with Crippen LogP contribution in [0.2, 0.25) is 0 Å². The molecule has 0 spiro atoms. The van der Waals surface area contributed by atoms with Gasteiger partial charge in [-0.2, -0.15) is 5.10 Å². The topological polar surface area (TPSA) is 66.0 Å². The second-order valence-corrected chi connectivity index (χ2v) is 5.55. The van der Waals surface area contributed by atoms with E-state index in [4.69, 9.17) is 10.5 Å². The van der Waals surface area contributed by atoms with E-state index < -0.39 is 0 Å². The third-order valence-corrected chi connectivity index (χ3v) is 3.77. The van der Waals surface area contributed by atoms with Crippen molar-refractivity contribution >= 4 is 11.3 Å². The maximum Gasteiger partial charge on any atom is 0.161 e. The number of nitrogens with two attached hydrogens (primary N) is 1. The highest BCUT2D eigenvalue weighted by atomic mass is 32.1. The van der Waals surface area contributed by atoms with Gasteiger partial charge in [0.05, 0.1) is 35.7 Å². The Kier molecular flexibility index (Phi) is 4.55. The Balaban J connectivity index is 2.21. The fourth-order valence-electron chi connectivity index (χ4n) is 2.12. The highest BCUT2D eigenvalue weighted by molar-refractivity contribution is 7.09. The number of rotatable bonds is 6. The van der Waals surface area contributed by atoms with Crippen molar-refractivity contribution in [3.8, 4) is 5.75 Å². The lowest BCUT2D eigenvalue weighted by molar-refractivity contribution is 0.400. The van der Waals surface area contributed by atoms with Crippen molar-refractivity contribution in [2.45, 2.75) is 39.3 Å². The minimum Gasteiger partial charge on any atom is -0.493 e. The SMILES string of the molecule is CCCn1ncc(OC)c1C(N)Cc1csc(C)n1. The van der Waals surface area contributed by atoms with Crippen LogP contribution < -0.4 is 10.5 Å². The first-order chi connectivity index (χ1) is 9.15. The second kappa shape index (κ2) is 6.16. The molecule has 0 fully saturated rings. The van der Waals surface area contributed by atoms with Gasteiger partial charge in [0.2, 0.25) is 0 Å². The highest BCUT2D eigenvalue weighted by Crippen LogP contribution is 2.26. The number of hydrogen-bond acceptors (Lipinski definition) is 5. The highest BCUT2D eigenvalue weighted by Gasteiger charge is 2.19. The maximum atomic E-state index is 6.31. The molecular formula is C13H20N4OS. The minimum absolute atomic E-state index is 0.148. The van der Waals surface area contributed by atoms with Crippen LogP contribution in [0.3, 0.4) is 0 Å². The number of ether oxygens (including phenoxy) is 1. The monoisotopic (exact) mass is 280 g/mol. The van der Waals surface area contributed by atoms with Gasteiger partial charge in [-0.1, -0.05) is 6.92 Å². The molecule has 2 aromatic rings. The van der Waals surface area contributed by atoms with Crippen LogP contribution in [-0.2, 0) is 13.0 Å². The van der Waals surface area contributed by atoms with Crippen molar-refractivity contribution < 1.29 is 4.74 Å². The molecule has 0 saturated carbocycles. The Hall–Kier alpha value is -1.40. The predicted molar refractivity (Wildman–Crippen MR) is 76.6 cm³/mol. The normalized spacial score (nSPS) is 12.6. The summed E-state index contributed by atoms with van der Waals surface area (Å²) in [5.41, 5.74) is 8.29. The third kappa shape index (κ3) is 3.13. The zero-order chi connectivity index (χ0) is 13.8. The van der Waals surface area contributed by atoms with Crippen LogP contribution >= 0.6 is 11.3 Å². The summed E-state index contributed by atoms with van der Waals surface area (Å²) in [7, 11) is 1.65. The van der Waals surface area contributed by atoms with E-state index in [2.05, 4.69) is 22.4 Å². The molecule has 104 valence electrons. The average Bonchev–Trinajstić information content (AvgIpc) is 2.96. The number of aryl methyl sites for hydroxylation is 2. The van der Waals surface area contributed by atoms with E-state index in [1.807, 2.05) is 11.6 Å². The second-order valence-electron chi connectivity index (χ2n) is 4.49. The molecule has 0 aliphatic carbocycles. The van der Waals surface area contributed by atoms with E-state index in [9.17, 15) is 0 Å². The minimum atomic E-state index is -0.148. The van der Waals surface area contributed by atoms with Crippen LogP contribution in [-0.4, -0.2) is 21.9 Å². The fraction of sp³-hybridized carbons (Fsp3) is 0.538. The molecule has 1 atom stereocenters. The smallest absolute Gasteiger partial charge is 0.161 e. The molecule has 0 radical (unpaired) electrons. The van der Waals surface area contributed by atoms with Gasteiger partial charge in [-0.3, -0.25) is 4.68 Å². The molecule has 19 heavy (non-hydrogen) atoms. The summed E-state index contributed by atoms with van der Waals surface area (Å²) in [6.45, 7) is 4.97. The first-order valence-corrected chi connectivity index (χ1v) is 7.30. The molecule has 0 aliphatic rings. The predicted octanol–water partition coefficient (Wildman–Crippen LogP) is 2.31. The van der Waals surface area contributed by atoms with E-state index in [0.717, 1.165) is 35.1 Å². The van der Waals surface area contributed by atoms with Crippen molar-refractivity contribution in [2.24, 2.45) is 5.73 Å². The number of aromatic nitrogens is 3. The first-order valence-electron chi connectivity index (χ1n) is 6.42. The Labute approximate surface area is 117 Å². The van der Waals surface area contributed by atoms with Crippen molar-refractivity contribution in [3.63, 3.8) is 0 Å². The van der Waals surface area contributed by atoms with E-state index >= 15 is 0 Å². The number of thiazole rings is 1. The van der Waals surface area contributed by atoms with Gasteiger partial charge in [0, 0.05) is 18.3 Å². The summed E-state index contributed by atoms with van der Waals surface area (Å²) in [6, 6.07) is -0.148. The lowest BCUT2D eigenvalue weighted by Crippen LogP contribution is -2.19. The lowest BCUT2D eigenvalue weighted by atomic mass is 10.1. The van der Waals surface area contributed by atoms with Crippen LogP contribution in [0.15, 0.2) is 11.6 Å². The van der Waals surface area contributed by atoms with Crippen molar-refractivity contribution in [3.05, 3.63) is 28.0 Å². The molecule has 1 unspecified atom stereocenters. The van der Waals surface area contributed by atoms with Gasteiger partial charge in [-0.15, -0.1) is 11.3 Å². The molecule has 0 saturated heterocycles. The van der Waals surface area contributed by atoms with Gasteiger partial charge < -0.3 is 10.5 Å². The van der Waals surface area contributed by atoms with Crippen molar-refractivity contribution in [2.75, 3.05) is 7.11 Å². The summed E-state index contributed by atoms with van der Waals surface area (Å²) in [5.74, 6) is 0.757. The molecule has 0 aromatic carbocycles. The van der Waals surface area contributed by atoms with Crippen LogP contribution in [0, 0.1) is 6.92 Å². The Morgan fingerprint density at radius 2 is 2.32 bits per heavy atom. The maximum absolute atomic E-state index is 6.31. The fourth-order valence-corrected chi connectivity index (χ4v) is 2.75.